The number of amides is 1. The van der Waals surface area contributed by atoms with Crippen molar-refractivity contribution in [2.24, 2.45) is 0 Å². The van der Waals surface area contributed by atoms with Crippen molar-refractivity contribution >= 4 is 16.9 Å². The zero-order valence-corrected chi connectivity index (χ0v) is 12.8. The van der Waals surface area contributed by atoms with Crippen molar-refractivity contribution in [1.29, 1.82) is 0 Å². The molecule has 2 aromatic heterocycles. The Morgan fingerprint density at radius 2 is 2.26 bits per heavy atom. The van der Waals surface area contributed by atoms with Crippen LogP contribution in [0.1, 0.15) is 22.3 Å². The lowest BCUT2D eigenvalue weighted by atomic mass is 10.2. The van der Waals surface area contributed by atoms with Crippen LogP contribution in [0.25, 0.3) is 11.0 Å². The van der Waals surface area contributed by atoms with Crippen molar-refractivity contribution < 1.29 is 13.9 Å². The summed E-state index contributed by atoms with van der Waals surface area (Å²) in [6.45, 7) is 1.59. The number of methoxy groups -OCH3 is 1. The minimum absolute atomic E-state index is 0.0204. The average Bonchev–Trinajstić information content (AvgIpc) is 3.20. The first-order valence-corrected chi connectivity index (χ1v) is 7.55. The third-order valence-corrected chi connectivity index (χ3v) is 4.16. The van der Waals surface area contributed by atoms with Gasteiger partial charge in [-0.15, -0.1) is 0 Å². The van der Waals surface area contributed by atoms with Crippen molar-refractivity contribution in [3.8, 4) is 0 Å². The molecule has 0 saturated heterocycles. The maximum Gasteiger partial charge on any atom is 0.290 e. The first-order chi connectivity index (χ1) is 11.3. The van der Waals surface area contributed by atoms with Gasteiger partial charge >= 0.3 is 0 Å². The SMILES string of the molecule is COC[C@H]1CN(C(=O)c2cc3ccccc3o2)Cc2ccnn21. The number of hydrogen-bond donors (Lipinski definition) is 0. The molecule has 0 fully saturated rings. The lowest BCUT2D eigenvalue weighted by molar-refractivity contribution is 0.0552. The largest absolute Gasteiger partial charge is 0.451 e. The van der Waals surface area contributed by atoms with Crippen LogP contribution in [0, 0.1) is 0 Å². The molecule has 1 aromatic carbocycles. The van der Waals surface area contributed by atoms with E-state index in [1.165, 1.54) is 0 Å². The molecule has 0 radical (unpaired) electrons. The Balaban J connectivity index is 1.63. The molecule has 0 saturated carbocycles. The molecule has 3 heterocycles. The lowest BCUT2D eigenvalue weighted by Gasteiger charge is -2.33. The topological polar surface area (TPSA) is 60.5 Å². The molecule has 1 aliphatic heterocycles. The molecule has 1 amide bonds. The minimum Gasteiger partial charge on any atom is -0.451 e. The molecular weight excluding hydrogens is 294 g/mol. The van der Waals surface area contributed by atoms with Crippen molar-refractivity contribution in [3.05, 3.63) is 54.0 Å². The third kappa shape index (κ3) is 2.41. The van der Waals surface area contributed by atoms with Gasteiger partial charge in [0.15, 0.2) is 5.76 Å². The number of fused-ring (bicyclic) bond motifs is 2. The van der Waals surface area contributed by atoms with Crippen molar-refractivity contribution in [2.45, 2.75) is 12.6 Å². The molecule has 0 bridgehead atoms. The van der Waals surface area contributed by atoms with Crippen LogP contribution in [0.4, 0.5) is 0 Å². The molecule has 3 aromatic rings. The van der Waals surface area contributed by atoms with E-state index in [-0.39, 0.29) is 11.9 Å². The van der Waals surface area contributed by atoms with Gasteiger partial charge in [0.05, 0.1) is 24.9 Å². The van der Waals surface area contributed by atoms with Gasteiger partial charge in [-0.3, -0.25) is 9.48 Å². The Kier molecular flexibility index (Phi) is 3.38. The van der Waals surface area contributed by atoms with Gasteiger partial charge in [0.25, 0.3) is 5.91 Å². The minimum atomic E-state index is -0.102. The number of hydrogen-bond acceptors (Lipinski definition) is 4. The molecule has 6 nitrogen and oxygen atoms in total. The van der Waals surface area contributed by atoms with Gasteiger partial charge < -0.3 is 14.1 Å². The van der Waals surface area contributed by atoms with E-state index in [1.807, 2.05) is 35.0 Å². The predicted octanol–water partition coefficient (Wildman–Crippen LogP) is 2.47. The first-order valence-electron chi connectivity index (χ1n) is 7.55. The van der Waals surface area contributed by atoms with Gasteiger partial charge in [-0.25, -0.2) is 0 Å². The molecule has 1 aliphatic rings. The molecule has 0 aliphatic carbocycles. The van der Waals surface area contributed by atoms with Gasteiger partial charge in [0.2, 0.25) is 0 Å². The summed E-state index contributed by atoms with van der Waals surface area (Å²) in [6.07, 6.45) is 1.76. The zero-order chi connectivity index (χ0) is 15.8. The number of carbonyl (C=O) groups excluding carboxylic acids is 1. The number of rotatable bonds is 3. The van der Waals surface area contributed by atoms with Gasteiger partial charge in [0.1, 0.15) is 5.58 Å². The van der Waals surface area contributed by atoms with E-state index in [9.17, 15) is 4.79 Å². The van der Waals surface area contributed by atoms with Gasteiger partial charge in [0, 0.05) is 25.2 Å². The molecule has 118 valence electrons. The third-order valence-electron chi connectivity index (χ3n) is 4.16. The average molecular weight is 311 g/mol. The fourth-order valence-corrected chi connectivity index (χ4v) is 3.10. The van der Waals surface area contributed by atoms with E-state index in [0.717, 1.165) is 16.7 Å². The second-order valence-electron chi connectivity index (χ2n) is 5.71. The highest BCUT2D eigenvalue weighted by Gasteiger charge is 2.30. The van der Waals surface area contributed by atoms with Crippen LogP contribution >= 0.6 is 0 Å². The van der Waals surface area contributed by atoms with Crippen LogP contribution in [-0.2, 0) is 11.3 Å². The summed E-state index contributed by atoms with van der Waals surface area (Å²) < 4.78 is 12.9. The number of nitrogens with zero attached hydrogens (tertiary/aromatic N) is 3. The number of para-hydroxylation sites is 1. The normalized spacial score (nSPS) is 17.4. The highest BCUT2D eigenvalue weighted by molar-refractivity contribution is 5.96. The van der Waals surface area contributed by atoms with Crippen LogP contribution in [0.5, 0.6) is 0 Å². The van der Waals surface area contributed by atoms with E-state index in [2.05, 4.69) is 5.10 Å². The van der Waals surface area contributed by atoms with Gasteiger partial charge in [-0.05, 0) is 18.2 Å². The van der Waals surface area contributed by atoms with Gasteiger partial charge in [-0.2, -0.15) is 5.10 Å². The van der Waals surface area contributed by atoms with Crippen LogP contribution in [0.15, 0.2) is 47.0 Å². The highest BCUT2D eigenvalue weighted by atomic mass is 16.5. The Labute approximate surface area is 133 Å². The summed E-state index contributed by atoms with van der Waals surface area (Å²) >= 11 is 0. The summed E-state index contributed by atoms with van der Waals surface area (Å²) in [5.41, 5.74) is 1.73. The number of ether oxygens (including phenoxy) is 1. The number of aromatic nitrogens is 2. The summed E-state index contributed by atoms with van der Waals surface area (Å²) in [5.74, 6) is 0.269. The van der Waals surface area contributed by atoms with E-state index in [1.54, 1.807) is 24.3 Å². The fraction of sp³-hybridized carbons (Fsp3) is 0.294. The second-order valence-corrected chi connectivity index (χ2v) is 5.71. The first kappa shape index (κ1) is 14.0. The smallest absolute Gasteiger partial charge is 0.290 e. The molecule has 23 heavy (non-hydrogen) atoms. The summed E-state index contributed by atoms with van der Waals surface area (Å²) in [4.78, 5) is 14.6. The summed E-state index contributed by atoms with van der Waals surface area (Å²) in [6, 6.07) is 11.4. The Hall–Kier alpha value is -2.60. The predicted molar refractivity (Wildman–Crippen MR) is 84.1 cm³/mol. The Morgan fingerprint density at radius 3 is 3.09 bits per heavy atom. The van der Waals surface area contributed by atoms with E-state index >= 15 is 0 Å². The van der Waals surface area contributed by atoms with E-state index in [0.29, 0.717) is 25.5 Å². The highest BCUT2D eigenvalue weighted by Crippen LogP contribution is 2.25. The maximum atomic E-state index is 12.8. The molecule has 4 rings (SSSR count). The quantitative estimate of drug-likeness (QED) is 0.745. The van der Waals surface area contributed by atoms with Crippen LogP contribution in [-0.4, -0.2) is 40.8 Å². The number of furan rings is 1. The monoisotopic (exact) mass is 311 g/mol. The second kappa shape index (κ2) is 5.55. The van der Waals surface area contributed by atoms with Gasteiger partial charge in [-0.1, -0.05) is 18.2 Å². The molecule has 0 spiro atoms. The summed E-state index contributed by atoms with van der Waals surface area (Å²) in [5, 5.41) is 5.27. The lowest BCUT2D eigenvalue weighted by Crippen LogP contribution is -2.42. The Bertz CT molecular complexity index is 819. The maximum absolute atomic E-state index is 12.8. The fourth-order valence-electron chi connectivity index (χ4n) is 3.10. The van der Waals surface area contributed by atoms with Crippen molar-refractivity contribution in [3.63, 3.8) is 0 Å². The molecule has 1 atom stereocenters. The Morgan fingerprint density at radius 1 is 1.39 bits per heavy atom. The standard InChI is InChI=1S/C17H17N3O3/c1-22-11-14-10-19(9-13-6-7-18-20(13)14)17(21)16-8-12-4-2-3-5-15(12)23-16/h2-8,14H,9-11H2,1H3/t14-/m1/s1. The molecular formula is C17H17N3O3. The molecule has 0 N–H and O–H groups in total. The van der Waals surface area contributed by atoms with Crippen LogP contribution < -0.4 is 0 Å². The number of benzene rings is 1. The zero-order valence-electron chi connectivity index (χ0n) is 12.8. The van der Waals surface area contributed by atoms with E-state index < -0.39 is 0 Å². The summed E-state index contributed by atoms with van der Waals surface area (Å²) in [7, 11) is 1.66. The van der Waals surface area contributed by atoms with Crippen molar-refractivity contribution in [2.75, 3.05) is 20.3 Å². The van der Waals surface area contributed by atoms with Crippen LogP contribution in [0.2, 0.25) is 0 Å². The van der Waals surface area contributed by atoms with Crippen LogP contribution in [0.3, 0.4) is 0 Å². The van der Waals surface area contributed by atoms with E-state index in [4.69, 9.17) is 9.15 Å². The molecule has 0 unspecified atom stereocenters. The van der Waals surface area contributed by atoms with Crippen molar-refractivity contribution in [1.82, 2.24) is 14.7 Å². The number of carbonyl (C=O) groups is 1. The molecule has 6 heteroatoms.